The van der Waals surface area contributed by atoms with Crippen LogP contribution in [0.5, 0.6) is 0 Å². The highest BCUT2D eigenvalue weighted by atomic mass is 28.4. The molecule has 0 radical (unpaired) electrons. The van der Waals surface area contributed by atoms with Crippen LogP contribution in [0.2, 0.25) is 18.6 Å². The molecule has 0 amide bonds. The molecule has 10 heavy (non-hydrogen) atoms. The van der Waals surface area contributed by atoms with Gasteiger partial charge in [0.2, 0.25) is 0 Å². The molecule has 0 fully saturated rings. The molecule has 0 aliphatic carbocycles. The quantitative estimate of drug-likeness (QED) is 0.572. The molecule has 0 N–H and O–H groups in total. The average Bonchev–Trinajstić information content (AvgIpc) is 2.00. The summed E-state index contributed by atoms with van der Waals surface area (Å²) in [5, 5.41) is 0. The van der Waals surface area contributed by atoms with E-state index in [0.29, 0.717) is 0 Å². The van der Waals surface area contributed by atoms with E-state index in [2.05, 4.69) is 6.55 Å². The van der Waals surface area contributed by atoms with Crippen molar-refractivity contribution in [1.29, 1.82) is 0 Å². The first-order chi connectivity index (χ1) is 4.68. The van der Waals surface area contributed by atoms with Gasteiger partial charge in [-0.2, -0.15) is 0 Å². The second-order valence-corrected chi connectivity index (χ2v) is 7.23. The lowest BCUT2D eigenvalue weighted by Gasteiger charge is -2.21. The van der Waals surface area contributed by atoms with Gasteiger partial charge in [0.05, 0.1) is 0 Å². The molecule has 0 saturated heterocycles. The molecular formula is C6H18O2Si2. The Bertz CT molecular complexity index is 83.8. The van der Waals surface area contributed by atoms with Gasteiger partial charge in [0.15, 0.2) is 0 Å². The molecule has 0 aromatic carbocycles. The fourth-order valence-corrected chi connectivity index (χ4v) is 3.42. The lowest BCUT2D eigenvalue weighted by molar-refractivity contribution is 0.249. The summed E-state index contributed by atoms with van der Waals surface area (Å²) in [6.07, 6.45) is 1.27. The third kappa shape index (κ3) is 3.50. The SMILES string of the molecule is CO[Si](C)(CCC[SiH3])OC. The van der Waals surface area contributed by atoms with Crippen molar-refractivity contribution in [1.82, 2.24) is 0 Å². The molecule has 0 saturated carbocycles. The average molecular weight is 178 g/mol. The van der Waals surface area contributed by atoms with Gasteiger partial charge in [0, 0.05) is 24.5 Å². The Morgan fingerprint density at radius 3 is 2.10 bits per heavy atom. The minimum absolute atomic E-state index is 1.14. The zero-order valence-electron chi connectivity index (χ0n) is 7.44. The predicted octanol–water partition coefficient (Wildman–Crippen LogP) is 0.525. The van der Waals surface area contributed by atoms with Crippen LogP contribution < -0.4 is 0 Å². The summed E-state index contributed by atoms with van der Waals surface area (Å²) in [5.41, 5.74) is 0. The van der Waals surface area contributed by atoms with Crippen molar-refractivity contribution in [3.8, 4) is 0 Å². The summed E-state index contributed by atoms with van der Waals surface area (Å²) in [5.74, 6) is 0. The van der Waals surface area contributed by atoms with Gasteiger partial charge in [-0.3, -0.25) is 0 Å². The van der Waals surface area contributed by atoms with Crippen molar-refractivity contribution in [2.45, 2.75) is 25.1 Å². The first-order valence-electron chi connectivity index (χ1n) is 3.79. The lowest BCUT2D eigenvalue weighted by atomic mass is 10.6. The van der Waals surface area contributed by atoms with E-state index < -0.39 is 8.56 Å². The highest BCUT2D eigenvalue weighted by molar-refractivity contribution is 6.65. The van der Waals surface area contributed by atoms with Gasteiger partial charge >= 0.3 is 8.56 Å². The third-order valence-corrected chi connectivity index (χ3v) is 5.54. The van der Waals surface area contributed by atoms with Crippen molar-refractivity contribution in [3.63, 3.8) is 0 Å². The molecule has 2 nitrogen and oxygen atoms in total. The van der Waals surface area contributed by atoms with E-state index in [9.17, 15) is 0 Å². The number of hydrogen-bond acceptors (Lipinski definition) is 2. The lowest BCUT2D eigenvalue weighted by Crippen LogP contribution is -2.35. The number of hydrogen-bond donors (Lipinski definition) is 0. The smallest absolute Gasteiger partial charge is 0.334 e. The van der Waals surface area contributed by atoms with E-state index in [1.165, 1.54) is 22.7 Å². The zero-order chi connectivity index (χ0) is 8.04. The van der Waals surface area contributed by atoms with Crippen molar-refractivity contribution in [2.75, 3.05) is 14.2 Å². The highest BCUT2D eigenvalue weighted by Gasteiger charge is 2.26. The Morgan fingerprint density at radius 1 is 1.30 bits per heavy atom. The summed E-state index contributed by atoms with van der Waals surface area (Å²) >= 11 is 0. The summed E-state index contributed by atoms with van der Waals surface area (Å²) in [6.45, 7) is 2.12. The first kappa shape index (κ1) is 10.4. The molecular weight excluding hydrogens is 160 g/mol. The molecule has 0 atom stereocenters. The minimum atomic E-state index is -1.70. The van der Waals surface area contributed by atoms with Crippen LogP contribution in [-0.4, -0.2) is 33.0 Å². The maximum atomic E-state index is 5.32. The minimum Gasteiger partial charge on any atom is -0.398 e. The zero-order valence-corrected chi connectivity index (χ0v) is 10.4. The normalized spacial score (nSPS) is 12.3. The largest absolute Gasteiger partial charge is 0.398 e. The van der Waals surface area contributed by atoms with E-state index in [0.717, 1.165) is 6.04 Å². The van der Waals surface area contributed by atoms with Crippen molar-refractivity contribution in [3.05, 3.63) is 0 Å². The van der Waals surface area contributed by atoms with Gasteiger partial charge < -0.3 is 8.85 Å². The standard InChI is InChI=1S/C6H18O2Si2/c1-7-10(3,8-2)6-4-5-9/h4-6H2,1-3,9H3. The van der Waals surface area contributed by atoms with E-state index in [1.807, 2.05) is 0 Å². The maximum absolute atomic E-state index is 5.32. The van der Waals surface area contributed by atoms with Gasteiger partial charge in [-0.05, 0) is 12.6 Å². The molecule has 0 aromatic heterocycles. The molecule has 0 rings (SSSR count). The predicted molar refractivity (Wildman–Crippen MR) is 49.8 cm³/mol. The summed E-state index contributed by atoms with van der Waals surface area (Å²) in [4.78, 5) is 0. The van der Waals surface area contributed by atoms with Gasteiger partial charge in [-0.25, -0.2) is 0 Å². The second-order valence-electron chi connectivity index (χ2n) is 2.65. The van der Waals surface area contributed by atoms with Crippen LogP contribution in [0.3, 0.4) is 0 Å². The highest BCUT2D eigenvalue weighted by Crippen LogP contribution is 2.14. The summed E-state index contributed by atoms with van der Waals surface area (Å²) in [7, 11) is 3.11. The second kappa shape index (κ2) is 5.06. The molecule has 0 bridgehead atoms. The van der Waals surface area contributed by atoms with Crippen LogP contribution in [0, 0.1) is 0 Å². The van der Waals surface area contributed by atoms with Crippen LogP contribution in [-0.2, 0) is 8.85 Å². The fraction of sp³-hybridized carbons (Fsp3) is 1.00. The van der Waals surface area contributed by atoms with Crippen LogP contribution in [0.4, 0.5) is 0 Å². The Balaban J connectivity index is 3.58. The molecule has 0 heterocycles. The van der Waals surface area contributed by atoms with Crippen LogP contribution in [0.25, 0.3) is 0 Å². The topological polar surface area (TPSA) is 18.5 Å². The van der Waals surface area contributed by atoms with E-state index in [-0.39, 0.29) is 0 Å². The molecule has 0 spiro atoms. The van der Waals surface area contributed by atoms with E-state index in [4.69, 9.17) is 8.85 Å². The Kier molecular flexibility index (Phi) is 5.24. The van der Waals surface area contributed by atoms with E-state index in [1.54, 1.807) is 14.2 Å². The van der Waals surface area contributed by atoms with Gasteiger partial charge in [0.1, 0.15) is 0 Å². The Morgan fingerprint density at radius 2 is 1.80 bits per heavy atom. The number of rotatable bonds is 5. The van der Waals surface area contributed by atoms with Crippen LogP contribution in [0.15, 0.2) is 0 Å². The summed E-state index contributed by atoms with van der Waals surface area (Å²) in [6, 6.07) is 2.50. The first-order valence-corrected chi connectivity index (χ1v) is 7.72. The molecule has 0 unspecified atom stereocenters. The summed E-state index contributed by atoms with van der Waals surface area (Å²) < 4.78 is 10.6. The maximum Gasteiger partial charge on any atom is 0.334 e. The third-order valence-electron chi connectivity index (χ3n) is 1.85. The molecule has 0 aliphatic heterocycles. The monoisotopic (exact) mass is 178 g/mol. The Labute approximate surface area is 67.6 Å². The van der Waals surface area contributed by atoms with Crippen LogP contribution in [0.1, 0.15) is 6.42 Å². The van der Waals surface area contributed by atoms with E-state index >= 15 is 0 Å². The van der Waals surface area contributed by atoms with Crippen molar-refractivity contribution >= 4 is 18.8 Å². The molecule has 62 valence electrons. The van der Waals surface area contributed by atoms with Crippen molar-refractivity contribution < 1.29 is 8.85 Å². The molecule has 0 aromatic rings. The fourth-order valence-electron chi connectivity index (χ4n) is 0.785. The van der Waals surface area contributed by atoms with Gasteiger partial charge in [0.25, 0.3) is 0 Å². The molecule has 4 heteroatoms. The van der Waals surface area contributed by atoms with Crippen LogP contribution >= 0.6 is 0 Å². The van der Waals surface area contributed by atoms with Crippen molar-refractivity contribution in [2.24, 2.45) is 0 Å². The van der Waals surface area contributed by atoms with Gasteiger partial charge in [-0.1, -0.05) is 12.5 Å². The molecule has 0 aliphatic rings. The van der Waals surface area contributed by atoms with Gasteiger partial charge in [-0.15, -0.1) is 0 Å². The Hall–Kier alpha value is 0.354.